The van der Waals surface area contributed by atoms with Crippen molar-refractivity contribution in [3.8, 4) is 0 Å². The molecular weight excluding hydrogens is 288 g/mol. The molecule has 23 heavy (non-hydrogen) atoms. The number of nitrogens with one attached hydrogen (secondary N) is 1. The lowest BCUT2D eigenvalue weighted by Crippen LogP contribution is -2.15. The maximum Gasteiger partial charge on any atom is 0.0819 e. The van der Waals surface area contributed by atoms with E-state index in [0.29, 0.717) is 6.61 Å². The number of rotatable bonds is 9. The van der Waals surface area contributed by atoms with E-state index in [2.05, 4.69) is 59.8 Å². The van der Waals surface area contributed by atoms with Gasteiger partial charge in [-0.05, 0) is 70.4 Å². The molecule has 1 aromatic heterocycles. The molecule has 0 aromatic carbocycles. The molecule has 0 bridgehead atoms. The lowest BCUT2D eigenvalue weighted by molar-refractivity contribution is -0.242. The van der Waals surface area contributed by atoms with Crippen LogP contribution in [0.1, 0.15) is 57.0 Å². The second-order valence-corrected chi connectivity index (χ2v) is 5.41. The highest BCUT2D eigenvalue weighted by atomic mass is 17.1. The minimum absolute atomic E-state index is 0.415. The minimum Gasteiger partial charge on any atom is -0.332 e. The van der Waals surface area contributed by atoms with Crippen molar-refractivity contribution in [2.24, 2.45) is 0 Å². The summed E-state index contributed by atoms with van der Waals surface area (Å²) >= 11 is 0. The molecule has 0 aliphatic heterocycles. The Labute approximate surface area is 141 Å². The molecule has 2 N–H and O–H groups in total. The molecule has 0 unspecified atom stereocenters. The Hall–Kier alpha value is -1.36. The third-order valence-electron chi connectivity index (χ3n) is 3.46. The van der Waals surface area contributed by atoms with Gasteiger partial charge >= 0.3 is 0 Å². The van der Waals surface area contributed by atoms with E-state index in [1.165, 1.54) is 22.5 Å². The van der Waals surface area contributed by atoms with Gasteiger partial charge in [-0.1, -0.05) is 26.0 Å². The van der Waals surface area contributed by atoms with Crippen LogP contribution in [0.15, 0.2) is 23.8 Å². The van der Waals surface area contributed by atoms with Crippen molar-refractivity contribution in [1.29, 1.82) is 0 Å². The van der Waals surface area contributed by atoms with E-state index in [-0.39, 0.29) is 0 Å². The zero-order chi connectivity index (χ0) is 17.7. The molecule has 0 aliphatic rings. The van der Waals surface area contributed by atoms with Gasteiger partial charge in [-0.3, -0.25) is 5.26 Å². The Morgan fingerprint density at radius 1 is 1.30 bits per heavy atom. The van der Waals surface area contributed by atoms with E-state index in [1.54, 1.807) is 0 Å². The van der Waals surface area contributed by atoms with Crippen molar-refractivity contribution >= 4 is 6.08 Å². The van der Waals surface area contributed by atoms with Crippen LogP contribution in [0.5, 0.6) is 0 Å². The van der Waals surface area contributed by atoms with Crippen LogP contribution in [0.4, 0.5) is 0 Å². The van der Waals surface area contributed by atoms with Gasteiger partial charge in [-0.15, -0.1) is 0 Å². The van der Waals surface area contributed by atoms with E-state index < -0.39 is 0 Å². The van der Waals surface area contributed by atoms with Gasteiger partial charge in [0.25, 0.3) is 0 Å². The molecule has 0 aliphatic carbocycles. The Kier molecular flexibility index (Phi) is 12.3. The summed E-state index contributed by atoms with van der Waals surface area (Å²) in [4.78, 5) is 4.06. The Balaban J connectivity index is 0.00000232. The van der Waals surface area contributed by atoms with Crippen LogP contribution in [-0.4, -0.2) is 23.5 Å². The minimum atomic E-state index is 0.415. The van der Waals surface area contributed by atoms with Crippen LogP contribution in [0.25, 0.3) is 6.08 Å². The first-order valence-corrected chi connectivity index (χ1v) is 8.52. The first-order chi connectivity index (χ1) is 11.1. The van der Waals surface area contributed by atoms with Crippen molar-refractivity contribution in [2.45, 2.75) is 60.5 Å². The van der Waals surface area contributed by atoms with Gasteiger partial charge in [0.1, 0.15) is 0 Å². The van der Waals surface area contributed by atoms with Gasteiger partial charge in [0, 0.05) is 11.4 Å². The average Bonchev–Trinajstić information content (AvgIpc) is 2.80. The third-order valence-corrected chi connectivity index (χ3v) is 3.46. The SMILES string of the molecule is CC.CNCn1c(C)cc(C)c1/C=C(C)/C=C\CCCCOO. The molecule has 4 nitrogen and oxygen atoms in total. The van der Waals surface area contributed by atoms with Crippen molar-refractivity contribution in [2.75, 3.05) is 13.7 Å². The van der Waals surface area contributed by atoms with Gasteiger partial charge in [-0.25, -0.2) is 4.89 Å². The van der Waals surface area contributed by atoms with Gasteiger partial charge < -0.3 is 9.88 Å². The summed E-state index contributed by atoms with van der Waals surface area (Å²) in [7, 11) is 1.96. The van der Waals surface area contributed by atoms with Gasteiger partial charge in [0.05, 0.1) is 13.3 Å². The molecule has 0 saturated heterocycles. The van der Waals surface area contributed by atoms with Crippen LogP contribution >= 0.6 is 0 Å². The first-order valence-electron chi connectivity index (χ1n) is 8.52. The molecule has 0 fully saturated rings. The second kappa shape index (κ2) is 13.1. The second-order valence-electron chi connectivity index (χ2n) is 5.41. The molecule has 1 rings (SSSR count). The van der Waals surface area contributed by atoms with Crippen molar-refractivity contribution in [3.63, 3.8) is 0 Å². The van der Waals surface area contributed by atoms with E-state index in [4.69, 9.17) is 5.26 Å². The van der Waals surface area contributed by atoms with Crippen LogP contribution in [0.2, 0.25) is 0 Å². The summed E-state index contributed by atoms with van der Waals surface area (Å²) in [6.45, 7) is 11.6. The quantitative estimate of drug-likeness (QED) is 0.293. The number of aromatic nitrogens is 1. The van der Waals surface area contributed by atoms with Crippen LogP contribution in [-0.2, 0) is 11.6 Å². The number of hydrogen-bond donors (Lipinski definition) is 2. The molecule has 132 valence electrons. The third kappa shape index (κ3) is 8.16. The number of nitrogens with zero attached hydrogens (tertiary/aromatic N) is 1. The molecule has 0 saturated carbocycles. The Bertz CT molecular complexity index is 488. The lowest BCUT2D eigenvalue weighted by atomic mass is 10.1. The summed E-state index contributed by atoms with van der Waals surface area (Å²) in [5.41, 5.74) is 5.08. The first kappa shape index (κ1) is 21.6. The molecule has 4 heteroatoms. The highest BCUT2D eigenvalue weighted by Gasteiger charge is 2.06. The summed E-state index contributed by atoms with van der Waals surface area (Å²) in [5.74, 6) is 0. The maximum absolute atomic E-state index is 8.24. The van der Waals surface area contributed by atoms with E-state index in [9.17, 15) is 0 Å². The van der Waals surface area contributed by atoms with Crippen molar-refractivity contribution < 1.29 is 10.1 Å². The number of aryl methyl sites for hydroxylation is 2. The smallest absolute Gasteiger partial charge is 0.0819 e. The monoisotopic (exact) mass is 322 g/mol. The van der Waals surface area contributed by atoms with Crippen LogP contribution in [0, 0.1) is 13.8 Å². The molecule has 0 spiro atoms. The van der Waals surface area contributed by atoms with Crippen molar-refractivity contribution in [1.82, 2.24) is 9.88 Å². The Morgan fingerprint density at radius 3 is 2.61 bits per heavy atom. The predicted octanol–water partition coefficient (Wildman–Crippen LogP) is 4.93. The molecule has 0 radical (unpaired) electrons. The fourth-order valence-electron chi connectivity index (χ4n) is 2.39. The molecular formula is C19H34N2O2. The molecule has 0 amide bonds. The number of allylic oxidation sites excluding steroid dienone is 3. The maximum atomic E-state index is 8.24. The van der Waals surface area contributed by atoms with Gasteiger partial charge in [0.15, 0.2) is 0 Å². The summed E-state index contributed by atoms with van der Waals surface area (Å²) in [5, 5.41) is 11.4. The standard InChI is InChI=1S/C17H28N2O2.C2H6/c1-14(9-7-5-6-8-10-21-20)11-17-15(2)12-16(3)19(17)13-18-4;1-2/h7,9,11-12,18,20H,5-6,8,10,13H2,1-4H3;1-2H3/b9-7-,14-11+;. The predicted molar refractivity (Wildman–Crippen MR) is 99.5 cm³/mol. The zero-order valence-corrected chi connectivity index (χ0v) is 15.6. The normalized spacial score (nSPS) is 11.7. The fraction of sp³-hybridized carbons (Fsp3) is 0.579. The molecule has 0 atom stereocenters. The molecule has 1 heterocycles. The average molecular weight is 322 g/mol. The lowest BCUT2D eigenvalue weighted by Gasteiger charge is -2.09. The van der Waals surface area contributed by atoms with Gasteiger partial charge in [-0.2, -0.15) is 0 Å². The summed E-state index contributed by atoms with van der Waals surface area (Å²) in [6.07, 6.45) is 9.48. The number of hydrogen-bond acceptors (Lipinski definition) is 3. The Morgan fingerprint density at radius 2 is 2.00 bits per heavy atom. The van der Waals surface area contributed by atoms with Crippen LogP contribution < -0.4 is 5.32 Å². The van der Waals surface area contributed by atoms with Gasteiger partial charge in [0.2, 0.25) is 0 Å². The van der Waals surface area contributed by atoms with Crippen LogP contribution in [0.3, 0.4) is 0 Å². The van der Waals surface area contributed by atoms with Crippen molar-refractivity contribution in [3.05, 3.63) is 40.7 Å². The van der Waals surface area contributed by atoms with E-state index >= 15 is 0 Å². The highest BCUT2D eigenvalue weighted by molar-refractivity contribution is 5.57. The topological polar surface area (TPSA) is 46.4 Å². The fourth-order valence-corrected chi connectivity index (χ4v) is 2.39. The molecule has 1 aromatic rings. The highest BCUT2D eigenvalue weighted by Crippen LogP contribution is 2.18. The van der Waals surface area contributed by atoms with E-state index in [1.807, 2.05) is 20.9 Å². The summed E-state index contributed by atoms with van der Waals surface area (Å²) in [6, 6.07) is 2.22. The number of unbranched alkanes of at least 4 members (excludes halogenated alkanes) is 2. The van der Waals surface area contributed by atoms with E-state index in [0.717, 1.165) is 25.9 Å². The largest absolute Gasteiger partial charge is 0.332 e. The zero-order valence-electron chi connectivity index (χ0n) is 15.6. The summed E-state index contributed by atoms with van der Waals surface area (Å²) < 4.78 is 2.28.